The molecule has 1 saturated carbocycles. The quantitative estimate of drug-likeness (QED) is 0.826. The van der Waals surface area contributed by atoms with Crippen molar-refractivity contribution in [3.63, 3.8) is 0 Å². The van der Waals surface area contributed by atoms with Crippen molar-refractivity contribution in [1.82, 2.24) is 14.9 Å². The lowest BCUT2D eigenvalue weighted by Crippen LogP contribution is -2.30. The number of hydrogen-bond acceptors (Lipinski definition) is 2. The van der Waals surface area contributed by atoms with Crippen molar-refractivity contribution in [2.24, 2.45) is 5.92 Å². The maximum Gasteiger partial charge on any atom is 0.0950 e. The first-order chi connectivity index (χ1) is 9.34. The number of nitrogens with one attached hydrogen (secondary N) is 1. The predicted octanol–water partition coefficient (Wildman–Crippen LogP) is 3.49. The first kappa shape index (κ1) is 13.2. The van der Waals surface area contributed by atoms with Gasteiger partial charge in [0.15, 0.2) is 0 Å². The topological polar surface area (TPSA) is 29.9 Å². The molecule has 1 aliphatic heterocycles. The Balaban J connectivity index is 1.75. The largest absolute Gasteiger partial charge is 0.331 e. The molecular formula is C16H27N3. The van der Waals surface area contributed by atoms with Crippen molar-refractivity contribution in [1.29, 1.82) is 0 Å². The minimum Gasteiger partial charge on any atom is -0.331 e. The summed E-state index contributed by atoms with van der Waals surface area (Å²) in [6, 6.07) is 0.698. The Hall–Kier alpha value is -0.830. The zero-order valence-electron chi connectivity index (χ0n) is 12.1. The second-order valence-corrected chi connectivity index (χ2v) is 6.54. The van der Waals surface area contributed by atoms with Gasteiger partial charge in [0.1, 0.15) is 0 Å². The van der Waals surface area contributed by atoms with Gasteiger partial charge in [-0.15, -0.1) is 0 Å². The van der Waals surface area contributed by atoms with Crippen molar-refractivity contribution in [2.45, 2.75) is 63.8 Å². The van der Waals surface area contributed by atoms with Gasteiger partial charge in [-0.05, 0) is 44.6 Å². The van der Waals surface area contributed by atoms with Crippen molar-refractivity contribution >= 4 is 0 Å². The molecule has 3 atom stereocenters. The summed E-state index contributed by atoms with van der Waals surface area (Å²) in [7, 11) is 0. The van der Waals surface area contributed by atoms with E-state index in [2.05, 4.69) is 34.3 Å². The standard InChI is InChI=1S/C16H27N3/c1-13-4-2-6-15(8-7-13)19-12-18-11-16(19)14-5-3-9-17-10-14/h11-15,17H,2-10H2,1H3. The minimum atomic E-state index is 0.678. The third-order valence-electron chi connectivity index (χ3n) is 5.03. The molecule has 0 aromatic carbocycles. The van der Waals surface area contributed by atoms with Gasteiger partial charge in [-0.1, -0.05) is 19.8 Å². The maximum atomic E-state index is 4.46. The van der Waals surface area contributed by atoms with E-state index in [4.69, 9.17) is 0 Å². The van der Waals surface area contributed by atoms with Crippen LogP contribution in [0.1, 0.15) is 69.5 Å². The summed E-state index contributed by atoms with van der Waals surface area (Å²) in [6.07, 6.45) is 13.7. The van der Waals surface area contributed by atoms with Gasteiger partial charge in [0.2, 0.25) is 0 Å². The van der Waals surface area contributed by atoms with Crippen molar-refractivity contribution in [2.75, 3.05) is 13.1 Å². The molecule has 0 amide bonds. The summed E-state index contributed by atoms with van der Waals surface area (Å²) in [4.78, 5) is 4.46. The second-order valence-electron chi connectivity index (χ2n) is 6.54. The highest BCUT2D eigenvalue weighted by Crippen LogP contribution is 2.33. The highest BCUT2D eigenvalue weighted by molar-refractivity contribution is 5.09. The van der Waals surface area contributed by atoms with Crippen LogP contribution in [0.25, 0.3) is 0 Å². The summed E-state index contributed by atoms with van der Waals surface area (Å²) < 4.78 is 2.51. The van der Waals surface area contributed by atoms with Crippen molar-refractivity contribution in [3.05, 3.63) is 18.2 Å². The Morgan fingerprint density at radius 1 is 1.16 bits per heavy atom. The molecule has 3 rings (SSSR count). The number of rotatable bonds is 2. The van der Waals surface area contributed by atoms with Crippen LogP contribution in [0, 0.1) is 5.92 Å². The number of aromatic nitrogens is 2. The van der Waals surface area contributed by atoms with Crippen LogP contribution in [0.15, 0.2) is 12.5 Å². The molecule has 3 nitrogen and oxygen atoms in total. The second kappa shape index (κ2) is 6.08. The van der Waals surface area contributed by atoms with E-state index >= 15 is 0 Å². The molecular weight excluding hydrogens is 234 g/mol. The lowest BCUT2D eigenvalue weighted by Gasteiger charge is -2.27. The molecule has 0 bridgehead atoms. The zero-order valence-corrected chi connectivity index (χ0v) is 12.1. The van der Waals surface area contributed by atoms with Gasteiger partial charge in [0, 0.05) is 30.4 Å². The Kier molecular flexibility index (Phi) is 4.21. The molecule has 0 radical (unpaired) electrons. The average molecular weight is 261 g/mol. The summed E-state index contributed by atoms with van der Waals surface area (Å²) in [6.45, 7) is 4.72. The van der Waals surface area contributed by atoms with E-state index in [1.54, 1.807) is 0 Å². The summed E-state index contributed by atoms with van der Waals surface area (Å²) in [5.41, 5.74) is 1.48. The molecule has 0 spiro atoms. The Morgan fingerprint density at radius 2 is 2.11 bits per heavy atom. The highest BCUT2D eigenvalue weighted by atomic mass is 15.1. The van der Waals surface area contributed by atoms with Crippen LogP contribution in [0.3, 0.4) is 0 Å². The minimum absolute atomic E-state index is 0.678. The fourth-order valence-corrected chi connectivity index (χ4v) is 3.79. The third kappa shape index (κ3) is 3.02. The number of piperidine rings is 1. The van der Waals surface area contributed by atoms with Crippen molar-refractivity contribution < 1.29 is 0 Å². The first-order valence-electron chi connectivity index (χ1n) is 8.07. The lowest BCUT2D eigenvalue weighted by atomic mass is 9.95. The number of imidazole rings is 1. The normalized spacial score (nSPS) is 33.0. The summed E-state index contributed by atoms with van der Waals surface area (Å²) in [5.74, 6) is 1.59. The van der Waals surface area contributed by atoms with Gasteiger partial charge >= 0.3 is 0 Å². The van der Waals surface area contributed by atoms with E-state index in [0.29, 0.717) is 12.0 Å². The Bertz CT molecular complexity index is 392. The van der Waals surface area contributed by atoms with Crippen LogP contribution in [0.2, 0.25) is 0 Å². The van der Waals surface area contributed by atoms with Crippen LogP contribution in [-0.4, -0.2) is 22.6 Å². The zero-order chi connectivity index (χ0) is 13.1. The first-order valence-corrected chi connectivity index (χ1v) is 8.07. The fraction of sp³-hybridized carbons (Fsp3) is 0.812. The summed E-state index contributed by atoms with van der Waals surface area (Å²) >= 11 is 0. The van der Waals surface area contributed by atoms with Crippen LogP contribution in [0.4, 0.5) is 0 Å². The molecule has 1 N–H and O–H groups in total. The Morgan fingerprint density at radius 3 is 2.95 bits per heavy atom. The van der Waals surface area contributed by atoms with Crippen molar-refractivity contribution in [3.8, 4) is 0 Å². The predicted molar refractivity (Wildman–Crippen MR) is 78.4 cm³/mol. The number of hydrogen-bond donors (Lipinski definition) is 1. The van der Waals surface area contributed by atoms with Gasteiger partial charge in [0.25, 0.3) is 0 Å². The molecule has 2 heterocycles. The molecule has 1 aromatic heterocycles. The van der Waals surface area contributed by atoms with E-state index in [0.717, 1.165) is 12.5 Å². The molecule has 1 saturated heterocycles. The maximum absolute atomic E-state index is 4.46. The third-order valence-corrected chi connectivity index (χ3v) is 5.03. The van der Waals surface area contributed by atoms with Gasteiger partial charge in [-0.2, -0.15) is 0 Å². The van der Waals surface area contributed by atoms with Crippen LogP contribution in [-0.2, 0) is 0 Å². The molecule has 2 aliphatic rings. The van der Waals surface area contributed by atoms with Gasteiger partial charge in [0.05, 0.1) is 6.33 Å². The van der Waals surface area contributed by atoms with Crippen LogP contribution in [0.5, 0.6) is 0 Å². The Labute approximate surface area is 116 Å². The molecule has 106 valence electrons. The van der Waals surface area contributed by atoms with E-state index in [9.17, 15) is 0 Å². The molecule has 1 aliphatic carbocycles. The highest BCUT2D eigenvalue weighted by Gasteiger charge is 2.24. The lowest BCUT2D eigenvalue weighted by molar-refractivity contribution is 0.388. The van der Waals surface area contributed by atoms with E-state index in [1.807, 2.05) is 0 Å². The van der Waals surface area contributed by atoms with Gasteiger partial charge in [-0.3, -0.25) is 0 Å². The molecule has 2 fully saturated rings. The van der Waals surface area contributed by atoms with Gasteiger partial charge < -0.3 is 9.88 Å². The monoisotopic (exact) mass is 261 g/mol. The van der Waals surface area contributed by atoms with Crippen LogP contribution < -0.4 is 5.32 Å². The van der Waals surface area contributed by atoms with Gasteiger partial charge in [-0.25, -0.2) is 4.98 Å². The van der Waals surface area contributed by atoms with Crippen LogP contribution >= 0.6 is 0 Å². The summed E-state index contributed by atoms with van der Waals surface area (Å²) in [5, 5.41) is 3.53. The molecule has 19 heavy (non-hydrogen) atoms. The fourth-order valence-electron chi connectivity index (χ4n) is 3.79. The van der Waals surface area contributed by atoms with E-state index in [1.165, 1.54) is 57.2 Å². The number of nitrogens with zero attached hydrogens (tertiary/aromatic N) is 2. The average Bonchev–Trinajstić information content (AvgIpc) is 2.83. The van der Waals surface area contributed by atoms with E-state index in [-0.39, 0.29) is 0 Å². The smallest absolute Gasteiger partial charge is 0.0950 e. The van der Waals surface area contributed by atoms with E-state index < -0.39 is 0 Å². The molecule has 3 unspecified atom stereocenters. The molecule has 3 heteroatoms. The SMILES string of the molecule is CC1CCCC(n2cncc2C2CCCNC2)CC1. The molecule has 1 aromatic rings.